The molecular weight excluding hydrogens is 306 g/mol. The van der Waals surface area contributed by atoms with Gasteiger partial charge < -0.3 is 24.4 Å². The van der Waals surface area contributed by atoms with Crippen molar-refractivity contribution in [3.8, 4) is 17.2 Å². The standard InChI is InChI=1S/C18H31N3O3/c1-13-11-19-7-8-21(13)15(12-20(2)3)14-9-17(23-5)18(24-6)10-16(14)22-4/h9-10,13,15,19H,7-8,11-12H2,1-6H3. The number of nitrogens with one attached hydrogen (secondary N) is 1. The summed E-state index contributed by atoms with van der Waals surface area (Å²) >= 11 is 0. The van der Waals surface area contributed by atoms with E-state index in [4.69, 9.17) is 14.2 Å². The van der Waals surface area contributed by atoms with Crippen molar-refractivity contribution in [1.29, 1.82) is 0 Å². The lowest BCUT2D eigenvalue weighted by Crippen LogP contribution is -2.52. The molecule has 2 atom stereocenters. The van der Waals surface area contributed by atoms with Crippen LogP contribution in [0, 0.1) is 0 Å². The predicted octanol–water partition coefficient (Wildman–Crippen LogP) is 1.61. The zero-order chi connectivity index (χ0) is 17.7. The van der Waals surface area contributed by atoms with Crippen molar-refractivity contribution < 1.29 is 14.2 Å². The van der Waals surface area contributed by atoms with Gasteiger partial charge in [-0.1, -0.05) is 0 Å². The van der Waals surface area contributed by atoms with Crippen molar-refractivity contribution in [3.05, 3.63) is 17.7 Å². The average molecular weight is 337 g/mol. The Bertz CT molecular complexity index is 536. The molecule has 0 radical (unpaired) electrons. The van der Waals surface area contributed by atoms with E-state index in [9.17, 15) is 0 Å². The van der Waals surface area contributed by atoms with E-state index in [0.717, 1.165) is 43.2 Å². The van der Waals surface area contributed by atoms with Gasteiger partial charge in [0.25, 0.3) is 0 Å². The normalized spacial score (nSPS) is 20.0. The van der Waals surface area contributed by atoms with Gasteiger partial charge in [-0.2, -0.15) is 0 Å². The van der Waals surface area contributed by atoms with Crippen LogP contribution in [-0.2, 0) is 0 Å². The molecule has 2 rings (SSSR count). The summed E-state index contributed by atoms with van der Waals surface area (Å²) in [6.45, 7) is 6.19. The number of methoxy groups -OCH3 is 3. The van der Waals surface area contributed by atoms with E-state index in [1.54, 1.807) is 21.3 Å². The van der Waals surface area contributed by atoms with Crippen molar-refractivity contribution in [2.45, 2.75) is 19.0 Å². The number of benzene rings is 1. The Balaban J connectivity index is 2.47. The second-order valence-electron chi connectivity index (χ2n) is 6.52. The minimum absolute atomic E-state index is 0.229. The summed E-state index contributed by atoms with van der Waals surface area (Å²) < 4.78 is 16.6. The number of hydrogen-bond donors (Lipinski definition) is 1. The Morgan fingerprint density at radius 3 is 2.29 bits per heavy atom. The van der Waals surface area contributed by atoms with E-state index in [2.05, 4.69) is 42.2 Å². The Morgan fingerprint density at radius 1 is 1.12 bits per heavy atom. The van der Waals surface area contributed by atoms with Gasteiger partial charge in [0.2, 0.25) is 0 Å². The lowest BCUT2D eigenvalue weighted by atomic mass is 9.99. The molecule has 1 aromatic rings. The zero-order valence-electron chi connectivity index (χ0n) is 15.8. The molecule has 24 heavy (non-hydrogen) atoms. The van der Waals surface area contributed by atoms with Crippen LogP contribution in [0.25, 0.3) is 0 Å². The molecule has 0 aliphatic carbocycles. The van der Waals surface area contributed by atoms with Gasteiger partial charge in [0.1, 0.15) is 5.75 Å². The van der Waals surface area contributed by atoms with E-state index >= 15 is 0 Å². The van der Waals surface area contributed by atoms with Crippen LogP contribution >= 0.6 is 0 Å². The first kappa shape index (κ1) is 18.8. The Kier molecular flexibility index (Phi) is 6.71. The first-order valence-electron chi connectivity index (χ1n) is 8.42. The summed E-state index contributed by atoms with van der Waals surface area (Å²) in [6, 6.07) is 4.66. The monoisotopic (exact) mass is 337 g/mol. The quantitative estimate of drug-likeness (QED) is 0.816. The van der Waals surface area contributed by atoms with Crippen LogP contribution in [0.4, 0.5) is 0 Å². The highest BCUT2D eigenvalue weighted by Gasteiger charge is 2.30. The summed E-state index contributed by atoms with van der Waals surface area (Å²) in [7, 11) is 9.23. The van der Waals surface area contributed by atoms with Crippen LogP contribution in [-0.4, -0.2) is 77.4 Å². The highest BCUT2D eigenvalue weighted by atomic mass is 16.5. The number of ether oxygens (including phenoxy) is 3. The summed E-state index contributed by atoms with van der Waals surface area (Å²) in [5.41, 5.74) is 1.14. The molecule has 1 heterocycles. The maximum absolute atomic E-state index is 5.68. The van der Waals surface area contributed by atoms with Crippen LogP contribution < -0.4 is 19.5 Å². The first-order chi connectivity index (χ1) is 11.5. The highest BCUT2D eigenvalue weighted by molar-refractivity contribution is 5.52. The molecule has 1 fully saturated rings. The van der Waals surface area contributed by atoms with Crippen molar-refractivity contribution in [2.24, 2.45) is 0 Å². The summed E-state index contributed by atoms with van der Waals surface area (Å²) in [5, 5.41) is 3.46. The molecule has 6 nitrogen and oxygen atoms in total. The average Bonchev–Trinajstić information content (AvgIpc) is 2.59. The Morgan fingerprint density at radius 2 is 1.75 bits per heavy atom. The van der Waals surface area contributed by atoms with Gasteiger partial charge in [0.05, 0.1) is 27.4 Å². The Labute approximate surface area is 145 Å². The van der Waals surface area contributed by atoms with E-state index in [0.29, 0.717) is 11.8 Å². The summed E-state index contributed by atoms with van der Waals surface area (Å²) in [4.78, 5) is 4.76. The molecule has 6 heteroatoms. The molecule has 136 valence electrons. The van der Waals surface area contributed by atoms with E-state index in [1.165, 1.54) is 0 Å². The Hall–Kier alpha value is -1.50. The fourth-order valence-corrected chi connectivity index (χ4v) is 3.36. The van der Waals surface area contributed by atoms with Crippen LogP contribution in [0.15, 0.2) is 12.1 Å². The van der Waals surface area contributed by atoms with Crippen LogP contribution in [0.5, 0.6) is 17.2 Å². The second-order valence-corrected chi connectivity index (χ2v) is 6.52. The fraction of sp³-hybridized carbons (Fsp3) is 0.667. The van der Waals surface area contributed by atoms with E-state index < -0.39 is 0 Å². The molecule has 0 saturated carbocycles. The zero-order valence-corrected chi connectivity index (χ0v) is 15.8. The molecule has 1 saturated heterocycles. The smallest absolute Gasteiger partial charge is 0.164 e. The lowest BCUT2D eigenvalue weighted by molar-refractivity contribution is 0.0949. The molecule has 0 bridgehead atoms. The molecule has 2 unspecified atom stereocenters. The van der Waals surface area contributed by atoms with Gasteiger partial charge in [0, 0.05) is 43.9 Å². The SMILES string of the molecule is COc1cc(OC)c(C(CN(C)C)N2CCNCC2C)cc1OC. The minimum atomic E-state index is 0.229. The van der Waals surface area contributed by atoms with Gasteiger partial charge in [-0.05, 0) is 27.1 Å². The van der Waals surface area contributed by atoms with Gasteiger partial charge >= 0.3 is 0 Å². The van der Waals surface area contributed by atoms with Gasteiger partial charge in [-0.3, -0.25) is 4.90 Å². The minimum Gasteiger partial charge on any atom is -0.496 e. The van der Waals surface area contributed by atoms with Crippen molar-refractivity contribution in [3.63, 3.8) is 0 Å². The number of piperazine rings is 1. The number of hydrogen-bond acceptors (Lipinski definition) is 6. The van der Waals surface area contributed by atoms with E-state index in [-0.39, 0.29) is 6.04 Å². The molecule has 1 aliphatic rings. The van der Waals surface area contributed by atoms with Crippen molar-refractivity contribution in [1.82, 2.24) is 15.1 Å². The lowest BCUT2D eigenvalue weighted by Gasteiger charge is -2.41. The van der Waals surface area contributed by atoms with E-state index in [1.807, 2.05) is 6.07 Å². The third-order valence-corrected chi connectivity index (χ3v) is 4.59. The van der Waals surface area contributed by atoms with Crippen molar-refractivity contribution in [2.75, 3.05) is 61.6 Å². The maximum atomic E-state index is 5.68. The molecule has 1 aliphatic heterocycles. The molecule has 1 N–H and O–H groups in total. The third-order valence-electron chi connectivity index (χ3n) is 4.59. The molecule has 1 aromatic carbocycles. The third kappa shape index (κ3) is 4.12. The first-order valence-corrected chi connectivity index (χ1v) is 8.42. The topological polar surface area (TPSA) is 46.2 Å². The number of likely N-dealkylation sites (N-methyl/N-ethyl adjacent to an activating group) is 1. The number of rotatable bonds is 7. The van der Waals surface area contributed by atoms with Gasteiger partial charge in [-0.15, -0.1) is 0 Å². The van der Waals surface area contributed by atoms with Crippen LogP contribution in [0.1, 0.15) is 18.5 Å². The van der Waals surface area contributed by atoms with Gasteiger partial charge in [-0.25, -0.2) is 0 Å². The van der Waals surface area contributed by atoms with Crippen molar-refractivity contribution >= 4 is 0 Å². The summed E-state index contributed by atoms with van der Waals surface area (Å²) in [5.74, 6) is 2.26. The predicted molar refractivity (Wildman–Crippen MR) is 96.4 cm³/mol. The second kappa shape index (κ2) is 8.55. The molecular formula is C18H31N3O3. The van der Waals surface area contributed by atoms with Gasteiger partial charge in [0.15, 0.2) is 11.5 Å². The largest absolute Gasteiger partial charge is 0.496 e. The summed E-state index contributed by atoms with van der Waals surface area (Å²) in [6.07, 6.45) is 0. The molecule has 0 spiro atoms. The van der Waals surface area contributed by atoms with Crippen LogP contribution in [0.3, 0.4) is 0 Å². The highest BCUT2D eigenvalue weighted by Crippen LogP contribution is 2.40. The number of nitrogens with zero attached hydrogens (tertiary/aromatic N) is 2. The maximum Gasteiger partial charge on any atom is 0.164 e. The fourth-order valence-electron chi connectivity index (χ4n) is 3.36. The van der Waals surface area contributed by atoms with Crippen LogP contribution in [0.2, 0.25) is 0 Å². The molecule has 0 aromatic heterocycles. The molecule has 0 amide bonds.